The fourth-order valence-corrected chi connectivity index (χ4v) is 3.76. The molecule has 2 aliphatic rings. The molecule has 4 heterocycles. The van der Waals surface area contributed by atoms with Gasteiger partial charge in [-0.3, -0.25) is 4.79 Å². The third-order valence-electron chi connectivity index (χ3n) is 5.44. The Bertz CT molecular complexity index is 1130. The summed E-state index contributed by atoms with van der Waals surface area (Å²) in [5.41, 5.74) is 0.523. The molecule has 3 aromatic rings. The van der Waals surface area contributed by atoms with Crippen LogP contribution in [-0.2, 0) is 11.8 Å². The van der Waals surface area contributed by atoms with Gasteiger partial charge in [-0.05, 0) is 0 Å². The monoisotopic (exact) mass is 418 g/mol. The zero-order chi connectivity index (χ0) is 20.8. The highest BCUT2D eigenvalue weighted by Crippen LogP contribution is 2.30. The first-order valence-corrected chi connectivity index (χ1v) is 9.65. The lowest BCUT2D eigenvalue weighted by atomic mass is 10.2. The first-order chi connectivity index (χ1) is 14.5. The number of hydrogen-bond acceptors (Lipinski definition) is 7. The van der Waals surface area contributed by atoms with E-state index in [1.165, 1.54) is 16.8 Å². The predicted octanol–water partition coefficient (Wildman–Crippen LogP) is 1.04. The van der Waals surface area contributed by atoms with Crippen LogP contribution in [0.5, 0.6) is 5.75 Å². The average molecular weight is 418 g/mol. The average Bonchev–Trinajstić information content (AvgIpc) is 3.06. The van der Waals surface area contributed by atoms with Crippen molar-refractivity contribution in [3.63, 3.8) is 0 Å². The highest BCUT2D eigenvalue weighted by Gasteiger charge is 2.26. The standard InChI is InChI=1S/C19H20F2N6O3/c1-25-15-8-16(22-19(28)17(15)23-24-25)26-2-4-27(5-3-26)18-13(20)6-11(7-14(18)21)30-12-9-29-10-12/h6-8,12H,2-5,9-10H2,1H3,(H,22,28). The van der Waals surface area contributed by atoms with Crippen LogP contribution in [-0.4, -0.2) is 65.5 Å². The van der Waals surface area contributed by atoms with Crippen molar-refractivity contribution in [3.05, 3.63) is 40.2 Å². The summed E-state index contributed by atoms with van der Waals surface area (Å²) >= 11 is 0. The third kappa shape index (κ3) is 3.24. The number of pyridine rings is 1. The van der Waals surface area contributed by atoms with E-state index < -0.39 is 11.6 Å². The van der Waals surface area contributed by atoms with Gasteiger partial charge in [0.15, 0.2) is 17.2 Å². The Balaban J connectivity index is 1.32. The van der Waals surface area contributed by atoms with E-state index in [2.05, 4.69) is 15.3 Å². The SMILES string of the molecule is Cn1nnc2c(=O)[nH]c(N3CCN(c4c(F)cc(OC5COC5)cc4F)CC3)cc21. The van der Waals surface area contributed by atoms with Crippen LogP contribution in [0.1, 0.15) is 0 Å². The molecule has 5 rings (SSSR count). The van der Waals surface area contributed by atoms with E-state index in [1.807, 2.05) is 11.0 Å². The van der Waals surface area contributed by atoms with Gasteiger partial charge in [0.05, 0.1) is 18.7 Å². The molecule has 2 aromatic heterocycles. The van der Waals surface area contributed by atoms with Crippen molar-refractivity contribution >= 4 is 22.5 Å². The summed E-state index contributed by atoms with van der Waals surface area (Å²) in [5, 5.41) is 7.72. The van der Waals surface area contributed by atoms with Crippen LogP contribution in [0.4, 0.5) is 20.3 Å². The van der Waals surface area contributed by atoms with Crippen LogP contribution in [0.2, 0.25) is 0 Å². The van der Waals surface area contributed by atoms with E-state index in [9.17, 15) is 13.6 Å². The summed E-state index contributed by atoms with van der Waals surface area (Å²) in [4.78, 5) is 18.7. The number of piperazine rings is 1. The van der Waals surface area contributed by atoms with Gasteiger partial charge < -0.3 is 24.3 Å². The van der Waals surface area contributed by atoms with E-state index in [1.54, 1.807) is 11.9 Å². The summed E-state index contributed by atoms with van der Waals surface area (Å²) in [5.74, 6) is -0.523. The molecule has 2 saturated heterocycles. The van der Waals surface area contributed by atoms with Gasteiger partial charge in [0.25, 0.3) is 5.56 Å². The molecule has 158 valence electrons. The number of hydrogen-bond donors (Lipinski definition) is 1. The molecule has 0 amide bonds. The lowest BCUT2D eigenvalue weighted by Gasteiger charge is -2.37. The van der Waals surface area contributed by atoms with Crippen molar-refractivity contribution < 1.29 is 18.3 Å². The Morgan fingerprint density at radius 1 is 1.10 bits per heavy atom. The largest absolute Gasteiger partial charge is 0.485 e. The quantitative estimate of drug-likeness (QED) is 0.677. The molecule has 0 saturated carbocycles. The third-order valence-corrected chi connectivity index (χ3v) is 5.44. The van der Waals surface area contributed by atoms with Gasteiger partial charge in [0.2, 0.25) is 0 Å². The summed E-state index contributed by atoms with van der Waals surface area (Å²) in [6.45, 7) is 2.63. The fourth-order valence-electron chi connectivity index (χ4n) is 3.76. The van der Waals surface area contributed by atoms with Gasteiger partial charge in [-0.1, -0.05) is 5.21 Å². The van der Waals surface area contributed by atoms with Crippen LogP contribution < -0.4 is 20.1 Å². The predicted molar refractivity (Wildman–Crippen MR) is 105 cm³/mol. The molecule has 0 spiro atoms. The Kier molecular flexibility index (Phi) is 4.54. The normalized spacial score (nSPS) is 17.4. The number of nitrogens with one attached hydrogen (secondary N) is 1. The Morgan fingerprint density at radius 2 is 1.77 bits per heavy atom. The van der Waals surface area contributed by atoms with E-state index in [4.69, 9.17) is 9.47 Å². The first-order valence-electron chi connectivity index (χ1n) is 9.65. The highest BCUT2D eigenvalue weighted by atomic mass is 19.1. The molecule has 11 heteroatoms. The van der Waals surface area contributed by atoms with Gasteiger partial charge >= 0.3 is 0 Å². The summed E-state index contributed by atoms with van der Waals surface area (Å²) < 4.78 is 41.4. The number of ether oxygens (including phenoxy) is 2. The second-order valence-electron chi connectivity index (χ2n) is 7.42. The highest BCUT2D eigenvalue weighted by molar-refractivity contribution is 5.76. The smallest absolute Gasteiger partial charge is 0.279 e. The maximum Gasteiger partial charge on any atom is 0.279 e. The van der Waals surface area contributed by atoms with E-state index in [-0.39, 0.29) is 28.6 Å². The molecule has 0 bridgehead atoms. The van der Waals surface area contributed by atoms with E-state index in [0.717, 1.165) is 0 Å². The number of rotatable bonds is 4. The minimum atomic E-state index is -0.658. The summed E-state index contributed by atoms with van der Waals surface area (Å²) in [6.07, 6.45) is -0.160. The number of halogens is 2. The molecule has 0 unspecified atom stereocenters. The van der Waals surface area contributed by atoms with Gasteiger partial charge in [0.1, 0.15) is 23.4 Å². The number of H-pyrrole nitrogens is 1. The van der Waals surface area contributed by atoms with Gasteiger partial charge in [0, 0.05) is 51.4 Å². The molecule has 0 atom stereocenters. The maximum atomic E-state index is 14.7. The van der Waals surface area contributed by atoms with Crippen molar-refractivity contribution in [1.82, 2.24) is 20.0 Å². The minimum absolute atomic E-state index is 0.0633. The number of fused-ring (bicyclic) bond motifs is 1. The van der Waals surface area contributed by atoms with Crippen LogP contribution in [0.15, 0.2) is 23.0 Å². The van der Waals surface area contributed by atoms with E-state index >= 15 is 0 Å². The number of benzene rings is 1. The molecule has 2 fully saturated rings. The van der Waals surface area contributed by atoms with Crippen molar-refractivity contribution in [2.24, 2.45) is 7.05 Å². The maximum absolute atomic E-state index is 14.7. The van der Waals surface area contributed by atoms with Crippen LogP contribution >= 0.6 is 0 Å². The molecule has 0 radical (unpaired) electrons. The lowest BCUT2D eigenvalue weighted by molar-refractivity contribution is -0.0798. The minimum Gasteiger partial charge on any atom is -0.485 e. The van der Waals surface area contributed by atoms with Crippen molar-refractivity contribution in [2.75, 3.05) is 49.2 Å². The zero-order valence-electron chi connectivity index (χ0n) is 16.3. The number of aryl methyl sites for hydroxylation is 1. The molecule has 30 heavy (non-hydrogen) atoms. The molecule has 9 nitrogen and oxygen atoms in total. The second kappa shape index (κ2) is 7.24. The Labute approximate surface area is 169 Å². The van der Waals surface area contributed by atoms with Gasteiger partial charge in [-0.15, -0.1) is 5.10 Å². The van der Waals surface area contributed by atoms with Crippen LogP contribution in [0.3, 0.4) is 0 Å². The summed E-state index contributed by atoms with van der Waals surface area (Å²) in [7, 11) is 1.72. The van der Waals surface area contributed by atoms with Gasteiger partial charge in [-0.25, -0.2) is 13.5 Å². The Morgan fingerprint density at radius 3 is 2.40 bits per heavy atom. The number of anilines is 2. The first kappa shape index (κ1) is 18.8. The van der Waals surface area contributed by atoms with E-state index in [0.29, 0.717) is 50.7 Å². The fraction of sp³-hybridized carbons (Fsp3) is 0.421. The molecule has 1 N–H and O–H groups in total. The zero-order valence-corrected chi connectivity index (χ0v) is 16.3. The van der Waals surface area contributed by atoms with Gasteiger partial charge in [-0.2, -0.15) is 0 Å². The topological polar surface area (TPSA) is 88.5 Å². The van der Waals surface area contributed by atoms with Crippen LogP contribution in [0.25, 0.3) is 11.0 Å². The van der Waals surface area contributed by atoms with Crippen LogP contribution in [0, 0.1) is 11.6 Å². The molecular formula is C19H20F2N6O3. The Hall–Kier alpha value is -3.21. The summed E-state index contributed by atoms with van der Waals surface area (Å²) in [6, 6.07) is 4.23. The number of nitrogens with zero attached hydrogens (tertiary/aromatic N) is 5. The van der Waals surface area contributed by atoms with Crippen molar-refractivity contribution in [1.29, 1.82) is 0 Å². The molecule has 2 aliphatic heterocycles. The van der Waals surface area contributed by atoms with Crippen molar-refractivity contribution in [3.8, 4) is 5.75 Å². The second-order valence-corrected chi connectivity index (χ2v) is 7.42. The number of aromatic amines is 1. The van der Waals surface area contributed by atoms with Crippen molar-refractivity contribution in [2.45, 2.75) is 6.10 Å². The molecule has 0 aliphatic carbocycles. The molecular weight excluding hydrogens is 398 g/mol. The molecule has 1 aromatic carbocycles. The number of aromatic nitrogens is 4. The lowest BCUT2D eigenvalue weighted by Crippen LogP contribution is -2.47.